The molecule has 0 aromatic heterocycles. The van der Waals surface area contributed by atoms with Gasteiger partial charge >= 0.3 is 11.9 Å². The molecule has 0 saturated heterocycles. The Hall–Kier alpha value is -4.58. The van der Waals surface area contributed by atoms with Crippen molar-refractivity contribution in [3.05, 3.63) is 119 Å². The summed E-state index contributed by atoms with van der Waals surface area (Å²) >= 11 is 0. The first-order valence-corrected chi connectivity index (χ1v) is 29.2. The topological polar surface area (TPSA) is 93.1 Å². The second-order valence-corrected chi connectivity index (χ2v) is 28.1. The van der Waals surface area contributed by atoms with Crippen LogP contribution in [0.1, 0.15) is 167 Å². The fraction of sp³-hybridized carbons (Fsp3) is 0.606. The van der Waals surface area contributed by atoms with Crippen LogP contribution in [0.3, 0.4) is 0 Å². The molecule has 16 bridgehead atoms. The molecule has 8 atom stereocenters. The predicted molar refractivity (Wildman–Crippen MR) is 276 cm³/mol. The van der Waals surface area contributed by atoms with Gasteiger partial charge in [0.05, 0.1) is 11.1 Å². The molecule has 0 aliphatic heterocycles. The van der Waals surface area contributed by atoms with E-state index in [2.05, 4.69) is 48.5 Å². The minimum absolute atomic E-state index is 0.0739. The summed E-state index contributed by atoms with van der Waals surface area (Å²) in [5.41, 5.74) is 3.52. The number of aromatic carboxylic acids is 2. The SMILES string of the molecule is O=C(O)c1cccc(Oc2ccccc2C2(c3ccccc3Oc3cccc(C(=O)O)c3)C3CC4CC(C3)CC2(C23CC5CC(CC(C5)C2C25CC6CC(CC(C6)C2C26CC7CC(CC(C7)C2)C6)C5)C3)C4)c1. The molecule has 16 aliphatic carbocycles. The van der Waals surface area contributed by atoms with Gasteiger partial charge in [0.2, 0.25) is 0 Å². The largest absolute Gasteiger partial charge is 0.478 e. The van der Waals surface area contributed by atoms with Gasteiger partial charge < -0.3 is 19.7 Å². The van der Waals surface area contributed by atoms with Crippen LogP contribution in [0.15, 0.2) is 97.1 Å². The van der Waals surface area contributed by atoms with Gasteiger partial charge in [-0.25, -0.2) is 9.59 Å². The highest BCUT2D eigenvalue weighted by molar-refractivity contribution is 5.88. The van der Waals surface area contributed by atoms with Gasteiger partial charge in [-0.15, -0.1) is 0 Å². The molecule has 16 fully saturated rings. The first-order chi connectivity index (χ1) is 35.0. The third kappa shape index (κ3) is 5.91. The number of carboxylic acid groups (broad SMARTS) is 2. The van der Waals surface area contributed by atoms with Crippen LogP contribution in [0.4, 0.5) is 0 Å². The Bertz CT molecular complexity index is 2710. The Labute approximate surface area is 426 Å². The van der Waals surface area contributed by atoms with Gasteiger partial charge in [0.25, 0.3) is 0 Å². The molecule has 72 heavy (non-hydrogen) atoms. The zero-order chi connectivity index (χ0) is 47.9. The molecule has 6 heteroatoms. The first-order valence-electron chi connectivity index (χ1n) is 29.2. The van der Waals surface area contributed by atoms with E-state index in [1.54, 1.807) is 24.3 Å². The normalized spacial score (nSPS) is 44.6. The number of rotatable bonds is 11. The van der Waals surface area contributed by atoms with Crippen molar-refractivity contribution in [3.63, 3.8) is 0 Å². The second kappa shape index (κ2) is 15.3. The van der Waals surface area contributed by atoms with Gasteiger partial charge in [-0.05, 0) is 288 Å². The van der Waals surface area contributed by atoms with Crippen LogP contribution in [-0.4, -0.2) is 22.2 Å². The Morgan fingerprint density at radius 3 is 1.32 bits per heavy atom. The summed E-state index contributed by atoms with van der Waals surface area (Å²) < 4.78 is 14.6. The Morgan fingerprint density at radius 2 is 0.847 bits per heavy atom. The maximum Gasteiger partial charge on any atom is 0.335 e. The summed E-state index contributed by atoms with van der Waals surface area (Å²) in [5, 5.41) is 20.4. The second-order valence-electron chi connectivity index (χ2n) is 28.1. The first kappa shape index (κ1) is 43.8. The lowest BCUT2D eigenvalue weighted by Crippen LogP contribution is -2.76. The van der Waals surface area contributed by atoms with Crippen LogP contribution in [0.2, 0.25) is 0 Å². The third-order valence-electron chi connectivity index (χ3n) is 24.8. The van der Waals surface area contributed by atoms with E-state index in [1.165, 1.54) is 146 Å². The van der Waals surface area contributed by atoms with Crippen LogP contribution in [0.5, 0.6) is 23.0 Å². The van der Waals surface area contributed by atoms with E-state index in [4.69, 9.17) is 9.47 Å². The zero-order valence-corrected chi connectivity index (χ0v) is 42.2. The minimum Gasteiger partial charge on any atom is -0.478 e. The number of carbonyl (C=O) groups is 2. The number of ether oxygens (including phenoxy) is 2. The number of hydrogen-bond acceptors (Lipinski definition) is 4. The highest BCUT2D eigenvalue weighted by Gasteiger charge is 2.81. The molecule has 0 spiro atoms. The lowest BCUT2D eigenvalue weighted by atomic mass is 9.21. The van der Waals surface area contributed by atoms with Crippen LogP contribution in [-0.2, 0) is 5.41 Å². The highest BCUT2D eigenvalue weighted by atomic mass is 16.5. The van der Waals surface area contributed by atoms with E-state index in [-0.39, 0.29) is 22.0 Å². The van der Waals surface area contributed by atoms with Gasteiger partial charge in [0.1, 0.15) is 23.0 Å². The van der Waals surface area contributed by atoms with Crippen molar-refractivity contribution in [2.24, 2.45) is 105 Å². The van der Waals surface area contributed by atoms with Crippen molar-refractivity contribution in [3.8, 4) is 23.0 Å². The van der Waals surface area contributed by atoms with Crippen molar-refractivity contribution in [2.45, 2.75) is 140 Å². The van der Waals surface area contributed by atoms with E-state index in [9.17, 15) is 19.8 Å². The number of carboxylic acids is 2. The number of hydrogen-bond donors (Lipinski definition) is 2. The third-order valence-corrected chi connectivity index (χ3v) is 24.8. The van der Waals surface area contributed by atoms with E-state index < -0.39 is 17.4 Å². The number of para-hydroxylation sites is 2. The van der Waals surface area contributed by atoms with Crippen molar-refractivity contribution >= 4 is 11.9 Å². The molecule has 16 aliphatic rings. The molecule has 4 aromatic carbocycles. The average Bonchev–Trinajstić information content (AvgIpc) is 3.34. The lowest BCUT2D eigenvalue weighted by molar-refractivity contribution is -0.321. The van der Waals surface area contributed by atoms with Crippen LogP contribution in [0, 0.1) is 105 Å². The van der Waals surface area contributed by atoms with Gasteiger partial charge in [0, 0.05) is 16.5 Å². The molecule has 4 aromatic rings. The number of benzene rings is 4. The van der Waals surface area contributed by atoms with E-state index in [0.29, 0.717) is 40.1 Å². The maximum atomic E-state index is 12.5. The zero-order valence-electron chi connectivity index (χ0n) is 42.2. The van der Waals surface area contributed by atoms with E-state index in [0.717, 1.165) is 76.6 Å². The molecular weight excluding hydrogens is 889 g/mol. The molecule has 0 heterocycles. The molecule has 0 radical (unpaired) electrons. The summed E-state index contributed by atoms with van der Waals surface area (Å²) in [4.78, 5) is 24.9. The van der Waals surface area contributed by atoms with Gasteiger partial charge in [-0.1, -0.05) is 48.5 Å². The molecule has 6 nitrogen and oxygen atoms in total. The van der Waals surface area contributed by atoms with Gasteiger partial charge in [-0.2, -0.15) is 0 Å². The molecule has 16 saturated carbocycles. The molecule has 2 N–H and O–H groups in total. The van der Waals surface area contributed by atoms with Gasteiger partial charge in [-0.3, -0.25) is 0 Å². The molecular formula is C66H74O6. The van der Waals surface area contributed by atoms with E-state index in [1.807, 2.05) is 24.3 Å². The Morgan fingerprint density at radius 1 is 0.431 bits per heavy atom. The maximum absolute atomic E-state index is 12.5. The Kier molecular flexibility index (Phi) is 9.29. The van der Waals surface area contributed by atoms with Crippen LogP contribution in [0.25, 0.3) is 0 Å². The monoisotopic (exact) mass is 963 g/mol. The molecule has 8 unspecified atom stereocenters. The van der Waals surface area contributed by atoms with Crippen LogP contribution >= 0.6 is 0 Å². The van der Waals surface area contributed by atoms with Gasteiger partial charge in [0.15, 0.2) is 0 Å². The average molecular weight is 963 g/mol. The fourth-order valence-corrected chi connectivity index (χ4v) is 25.3. The smallest absolute Gasteiger partial charge is 0.335 e. The summed E-state index contributed by atoms with van der Waals surface area (Å²) in [5.74, 6) is 12.2. The standard InChI is InChI=1S/C66H74O6/c67-60(68)47-7-5-9-52(27-47)71-56-13-3-1-11-54(56)66(55-12-2-4-14-57(55)72-53-10-6-8-48(28-53)61(69)70)51-25-45-20-46(26-51)37-65(66,36-45)64-34-43-19-44(35-64)24-50(23-43)59(64)63-32-41-18-42(33-63)22-49(21-41)58(63)62-29-38-15-39(30-62)17-40(16-38)31-62/h1-14,27-28,38-46,49-51,58-59H,15-26,29-37H2,(H,67,68)(H,69,70). The molecule has 0 amide bonds. The summed E-state index contributed by atoms with van der Waals surface area (Å²) in [6.07, 6.45) is 30.0. The summed E-state index contributed by atoms with van der Waals surface area (Å²) in [6, 6.07) is 32.3. The highest BCUT2D eigenvalue weighted by Crippen LogP contribution is 2.88. The lowest BCUT2D eigenvalue weighted by Gasteiger charge is -2.82. The van der Waals surface area contributed by atoms with Crippen molar-refractivity contribution < 1.29 is 29.3 Å². The molecule has 20 rings (SSSR count). The van der Waals surface area contributed by atoms with Crippen molar-refractivity contribution in [2.75, 3.05) is 0 Å². The van der Waals surface area contributed by atoms with Crippen molar-refractivity contribution in [1.29, 1.82) is 0 Å². The Balaban J connectivity index is 0.958. The molecule has 374 valence electrons. The summed E-state index contributed by atoms with van der Waals surface area (Å²) in [6.45, 7) is 0. The van der Waals surface area contributed by atoms with E-state index >= 15 is 0 Å². The summed E-state index contributed by atoms with van der Waals surface area (Å²) in [7, 11) is 0. The fourth-order valence-electron chi connectivity index (χ4n) is 25.3. The van der Waals surface area contributed by atoms with Crippen molar-refractivity contribution in [1.82, 2.24) is 0 Å². The quantitative estimate of drug-likeness (QED) is 0.156. The predicted octanol–water partition coefficient (Wildman–Crippen LogP) is 15.9. The minimum atomic E-state index is -0.951. The van der Waals surface area contributed by atoms with Crippen LogP contribution < -0.4 is 9.47 Å².